The topological polar surface area (TPSA) is 54.0 Å². The van der Waals surface area contributed by atoms with Gasteiger partial charge in [-0.15, -0.1) is 11.3 Å². The number of aryl methyl sites for hydroxylation is 1. The Balaban J connectivity index is 1.70. The summed E-state index contributed by atoms with van der Waals surface area (Å²) >= 11 is 1.60. The van der Waals surface area contributed by atoms with Gasteiger partial charge in [-0.3, -0.25) is 4.79 Å². The third-order valence-electron chi connectivity index (χ3n) is 2.98. The van der Waals surface area contributed by atoms with E-state index in [9.17, 15) is 4.79 Å². The molecule has 0 spiro atoms. The minimum absolute atomic E-state index is 0.145. The van der Waals surface area contributed by atoms with Crippen LogP contribution in [-0.2, 0) is 11.3 Å². The molecule has 4 nitrogen and oxygen atoms in total. The van der Waals surface area contributed by atoms with Gasteiger partial charge in [-0.1, -0.05) is 0 Å². The number of nitrogens with one attached hydrogen (secondary N) is 2. The minimum Gasteiger partial charge on any atom is -0.350 e. The highest BCUT2D eigenvalue weighted by Crippen LogP contribution is 2.14. The quantitative estimate of drug-likeness (QED) is 0.854. The van der Waals surface area contributed by atoms with Crippen molar-refractivity contribution < 1.29 is 4.79 Å². The molecular weight excluding hydrogens is 234 g/mol. The molecule has 1 unspecified atom stereocenters. The van der Waals surface area contributed by atoms with Crippen molar-refractivity contribution in [3.05, 3.63) is 16.1 Å². The van der Waals surface area contributed by atoms with Gasteiger partial charge < -0.3 is 10.6 Å². The van der Waals surface area contributed by atoms with Crippen molar-refractivity contribution in [3.63, 3.8) is 0 Å². The number of piperidine rings is 1. The minimum atomic E-state index is 0.145. The van der Waals surface area contributed by atoms with E-state index in [0.717, 1.165) is 30.2 Å². The Labute approximate surface area is 106 Å². The van der Waals surface area contributed by atoms with Crippen LogP contribution in [0.1, 0.15) is 30.0 Å². The summed E-state index contributed by atoms with van der Waals surface area (Å²) in [7, 11) is 0. The molecule has 0 aliphatic carbocycles. The lowest BCUT2D eigenvalue weighted by molar-refractivity contribution is -0.122. The van der Waals surface area contributed by atoms with E-state index in [1.807, 2.05) is 12.3 Å². The third-order valence-corrected chi connectivity index (χ3v) is 3.94. The fourth-order valence-corrected chi connectivity index (χ4v) is 2.80. The summed E-state index contributed by atoms with van der Waals surface area (Å²) in [5.41, 5.74) is 1.02. The molecule has 0 saturated carbocycles. The predicted octanol–water partition coefficient (Wildman–Crippen LogP) is 1.46. The van der Waals surface area contributed by atoms with Crippen LogP contribution in [0.2, 0.25) is 0 Å². The van der Waals surface area contributed by atoms with Crippen molar-refractivity contribution in [2.75, 3.05) is 13.1 Å². The Morgan fingerprint density at radius 1 is 1.71 bits per heavy atom. The molecule has 17 heavy (non-hydrogen) atoms. The Hall–Kier alpha value is -0.940. The van der Waals surface area contributed by atoms with Gasteiger partial charge in [0.25, 0.3) is 0 Å². The molecule has 1 saturated heterocycles. The summed E-state index contributed by atoms with van der Waals surface area (Å²) in [6.07, 6.45) is 2.98. The van der Waals surface area contributed by atoms with Gasteiger partial charge in [0.15, 0.2) is 0 Å². The summed E-state index contributed by atoms with van der Waals surface area (Å²) < 4.78 is 0. The highest BCUT2D eigenvalue weighted by Gasteiger charge is 2.16. The maximum absolute atomic E-state index is 11.7. The molecule has 94 valence electrons. The van der Waals surface area contributed by atoms with Gasteiger partial charge in [0, 0.05) is 17.5 Å². The van der Waals surface area contributed by atoms with Crippen LogP contribution in [-0.4, -0.2) is 24.0 Å². The molecule has 1 atom stereocenters. The smallest absolute Gasteiger partial charge is 0.220 e. The number of aromatic nitrogens is 1. The number of rotatable bonds is 4. The van der Waals surface area contributed by atoms with Gasteiger partial charge >= 0.3 is 0 Å². The van der Waals surface area contributed by atoms with Crippen LogP contribution in [0.3, 0.4) is 0 Å². The van der Waals surface area contributed by atoms with E-state index < -0.39 is 0 Å². The number of nitrogens with zero attached hydrogens (tertiary/aromatic N) is 1. The first-order chi connectivity index (χ1) is 8.24. The summed E-state index contributed by atoms with van der Waals surface area (Å²) in [5, 5.41) is 9.26. The van der Waals surface area contributed by atoms with E-state index in [2.05, 4.69) is 15.6 Å². The second kappa shape index (κ2) is 6.12. The fraction of sp³-hybridized carbons (Fsp3) is 0.667. The lowest BCUT2D eigenvalue weighted by Crippen LogP contribution is -2.34. The van der Waals surface area contributed by atoms with E-state index >= 15 is 0 Å². The summed E-state index contributed by atoms with van der Waals surface area (Å²) in [6, 6.07) is 0. The molecule has 1 aromatic heterocycles. The van der Waals surface area contributed by atoms with E-state index in [0.29, 0.717) is 18.9 Å². The average molecular weight is 253 g/mol. The number of thiazole rings is 1. The summed E-state index contributed by atoms with van der Waals surface area (Å²) in [4.78, 5) is 16.1. The number of hydrogen-bond donors (Lipinski definition) is 2. The van der Waals surface area contributed by atoms with Crippen molar-refractivity contribution in [2.45, 2.75) is 32.7 Å². The van der Waals surface area contributed by atoms with Crippen molar-refractivity contribution >= 4 is 17.2 Å². The Morgan fingerprint density at radius 3 is 3.24 bits per heavy atom. The Kier molecular flexibility index (Phi) is 4.50. The van der Waals surface area contributed by atoms with Crippen LogP contribution in [0, 0.1) is 12.8 Å². The van der Waals surface area contributed by atoms with Gasteiger partial charge in [0.05, 0.1) is 6.54 Å². The molecular formula is C12H19N3OS. The largest absolute Gasteiger partial charge is 0.350 e. The molecule has 1 aliphatic heterocycles. The monoisotopic (exact) mass is 253 g/mol. The number of carbonyl (C=O) groups excluding carboxylic acids is 1. The first-order valence-electron chi connectivity index (χ1n) is 6.12. The molecule has 2 rings (SSSR count). The zero-order valence-electron chi connectivity index (χ0n) is 10.2. The number of hydrogen-bond acceptors (Lipinski definition) is 4. The van der Waals surface area contributed by atoms with Crippen molar-refractivity contribution in [1.82, 2.24) is 15.6 Å². The maximum Gasteiger partial charge on any atom is 0.220 e. The third kappa shape index (κ3) is 4.09. The highest BCUT2D eigenvalue weighted by atomic mass is 32.1. The fourth-order valence-electron chi connectivity index (χ4n) is 2.09. The van der Waals surface area contributed by atoms with Gasteiger partial charge in [0.2, 0.25) is 5.91 Å². The standard InChI is InChI=1S/C12H19N3OS/c1-9-8-17-12(15-9)7-14-11(16)5-10-3-2-4-13-6-10/h8,10,13H,2-7H2,1H3,(H,14,16). The molecule has 1 fully saturated rings. The van der Waals surface area contributed by atoms with E-state index in [4.69, 9.17) is 0 Å². The summed E-state index contributed by atoms with van der Waals surface area (Å²) in [5.74, 6) is 0.647. The van der Waals surface area contributed by atoms with Crippen LogP contribution in [0.5, 0.6) is 0 Å². The van der Waals surface area contributed by atoms with E-state index in [1.54, 1.807) is 11.3 Å². The lowest BCUT2D eigenvalue weighted by Gasteiger charge is -2.21. The van der Waals surface area contributed by atoms with E-state index in [1.165, 1.54) is 6.42 Å². The molecule has 0 radical (unpaired) electrons. The van der Waals surface area contributed by atoms with Gasteiger partial charge in [-0.25, -0.2) is 4.98 Å². The molecule has 1 aromatic rings. The van der Waals surface area contributed by atoms with Gasteiger partial charge in [0.1, 0.15) is 5.01 Å². The molecule has 1 aliphatic rings. The van der Waals surface area contributed by atoms with Crippen molar-refractivity contribution in [2.24, 2.45) is 5.92 Å². The van der Waals surface area contributed by atoms with Crippen LogP contribution >= 0.6 is 11.3 Å². The molecule has 2 heterocycles. The second-order valence-corrected chi connectivity index (χ2v) is 5.52. The molecule has 0 aromatic carbocycles. The van der Waals surface area contributed by atoms with E-state index in [-0.39, 0.29) is 5.91 Å². The first-order valence-corrected chi connectivity index (χ1v) is 7.00. The molecule has 0 bridgehead atoms. The number of amides is 1. The average Bonchev–Trinajstić information content (AvgIpc) is 2.74. The molecule has 1 amide bonds. The molecule has 2 N–H and O–H groups in total. The second-order valence-electron chi connectivity index (χ2n) is 4.58. The summed E-state index contributed by atoms with van der Waals surface area (Å²) in [6.45, 7) is 4.60. The van der Waals surface area contributed by atoms with Gasteiger partial charge in [-0.2, -0.15) is 0 Å². The molecule has 5 heteroatoms. The normalized spacial score (nSPS) is 20.2. The predicted molar refractivity (Wildman–Crippen MR) is 68.9 cm³/mol. The van der Waals surface area contributed by atoms with Crippen LogP contribution in [0.15, 0.2) is 5.38 Å². The Morgan fingerprint density at radius 2 is 2.59 bits per heavy atom. The van der Waals surface area contributed by atoms with Gasteiger partial charge in [-0.05, 0) is 38.8 Å². The van der Waals surface area contributed by atoms with Crippen LogP contribution < -0.4 is 10.6 Å². The van der Waals surface area contributed by atoms with Crippen molar-refractivity contribution in [3.8, 4) is 0 Å². The zero-order valence-corrected chi connectivity index (χ0v) is 11.0. The Bertz CT molecular complexity index is 372. The zero-order chi connectivity index (χ0) is 12.1. The maximum atomic E-state index is 11.7. The van der Waals surface area contributed by atoms with Crippen molar-refractivity contribution in [1.29, 1.82) is 0 Å². The lowest BCUT2D eigenvalue weighted by atomic mass is 9.96. The number of carbonyl (C=O) groups is 1. The highest BCUT2D eigenvalue weighted by molar-refractivity contribution is 7.09. The SMILES string of the molecule is Cc1csc(CNC(=O)CC2CCCNC2)n1. The van der Waals surface area contributed by atoms with Crippen LogP contribution in [0.4, 0.5) is 0 Å². The van der Waals surface area contributed by atoms with Crippen LogP contribution in [0.25, 0.3) is 0 Å². The first kappa shape index (κ1) is 12.5.